The van der Waals surface area contributed by atoms with Gasteiger partial charge in [-0.1, -0.05) is 136 Å². The van der Waals surface area contributed by atoms with E-state index in [4.69, 9.17) is 0 Å². The fourth-order valence-electron chi connectivity index (χ4n) is 4.32. The lowest BCUT2D eigenvalue weighted by Crippen LogP contribution is -2.10. The molecule has 2 nitrogen and oxygen atoms in total. The minimum Gasteiger partial charge on any atom is -0.303 e. The van der Waals surface area contributed by atoms with Crippen molar-refractivity contribution in [3.63, 3.8) is 0 Å². The summed E-state index contributed by atoms with van der Waals surface area (Å²) in [5.41, 5.74) is 0. The SMILES string of the molecule is CCCCCCCCCCCCC(=O)CC(C=O)CCCCCCCCCCCC. The lowest BCUT2D eigenvalue weighted by atomic mass is 9.94. The van der Waals surface area contributed by atoms with Gasteiger partial charge in [0.2, 0.25) is 0 Å². The molecule has 0 fully saturated rings. The second kappa shape index (κ2) is 24.6. The highest BCUT2D eigenvalue weighted by Crippen LogP contribution is 2.17. The van der Waals surface area contributed by atoms with Crippen LogP contribution < -0.4 is 0 Å². The van der Waals surface area contributed by atoms with Crippen LogP contribution in [-0.4, -0.2) is 12.1 Å². The highest BCUT2D eigenvalue weighted by Gasteiger charge is 2.12. The molecule has 0 aliphatic carbocycles. The van der Waals surface area contributed by atoms with Gasteiger partial charge in [-0.25, -0.2) is 0 Å². The fraction of sp³-hybridized carbons (Fsp3) is 0.929. The fourth-order valence-corrected chi connectivity index (χ4v) is 4.32. The van der Waals surface area contributed by atoms with Crippen molar-refractivity contribution >= 4 is 12.1 Å². The first-order valence-electron chi connectivity index (χ1n) is 13.7. The maximum atomic E-state index is 12.2. The standard InChI is InChI=1S/C28H54O2/c1-3-5-7-9-11-13-15-17-19-21-23-27(26-29)25-28(30)24-22-20-18-16-14-12-10-8-6-4-2/h26-27H,3-25H2,1-2H3. The molecule has 2 heteroatoms. The summed E-state index contributed by atoms with van der Waals surface area (Å²) in [4.78, 5) is 23.5. The van der Waals surface area contributed by atoms with Crippen molar-refractivity contribution in [3.8, 4) is 0 Å². The van der Waals surface area contributed by atoms with Gasteiger partial charge in [-0.05, 0) is 12.8 Å². The van der Waals surface area contributed by atoms with Gasteiger partial charge in [0, 0.05) is 18.8 Å². The summed E-state index contributed by atoms with van der Waals surface area (Å²) in [5, 5.41) is 0. The Morgan fingerprint density at radius 3 is 1.33 bits per heavy atom. The zero-order chi connectivity index (χ0) is 22.1. The number of hydrogen-bond donors (Lipinski definition) is 0. The number of unbranched alkanes of at least 4 members (excludes halogenated alkanes) is 18. The minimum absolute atomic E-state index is 0.0327. The largest absolute Gasteiger partial charge is 0.303 e. The third-order valence-corrected chi connectivity index (χ3v) is 6.42. The number of Topliss-reactive ketones (excluding diaryl/α,β-unsaturated/α-hetero) is 1. The lowest BCUT2D eigenvalue weighted by Gasteiger charge is -2.09. The summed E-state index contributed by atoms with van der Waals surface area (Å²) in [6.45, 7) is 4.52. The first-order chi connectivity index (χ1) is 14.7. The minimum atomic E-state index is -0.0327. The summed E-state index contributed by atoms with van der Waals surface area (Å²) >= 11 is 0. The number of carbonyl (C=O) groups is 2. The van der Waals surface area contributed by atoms with Gasteiger partial charge in [0.1, 0.15) is 12.1 Å². The van der Waals surface area contributed by atoms with Crippen molar-refractivity contribution in [2.24, 2.45) is 5.92 Å². The number of hydrogen-bond acceptors (Lipinski definition) is 2. The van der Waals surface area contributed by atoms with Gasteiger partial charge >= 0.3 is 0 Å². The Hall–Kier alpha value is -0.660. The summed E-state index contributed by atoms with van der Waals surface area (Å²) in [6, 6.07) is 0. The summed E-state index contributed by atoms with van der Waals surface area (Å²) in [5.74, 6) is 0.272. The molecule has 0 aromatic carbocycles. The molecule has 0 saturated carbocycles. The third kappa shape index (κ3) is 22.0. The van der Waals surface area contributed by atoms with E-state index in [1.807, 2.05) is 0 Å². The summed E-state index contributed by atoms with van der Waals surface area (Å²) < 4.78 is 0. The maximum Gasteiger partial charge on any atom is 0.133 e. The molecule has 0 spiro atoms. The molecule has 0 bridgehead atoms. The van der Waals surface area contributed by atoms with Crippen molar-refractivity contribution in [2.75, 3.05) is 0 Å². The molecule has 0 heterocycles. The Morgan fingerprint density at radius 1 is 0.567 bits per heavy atom. The van der Waals surface area contributed by atoms with Crippen molar-refractivity contribution in [3.05, 3.63) is 0 Å². The second-order valence-electron chi connectivity index (χ2n) is 9.54. The molecule has 0 amide bonds. The molecule has 0 radical (unpaired) electrons. The van der Waals surface area contributed by atoms with Crippen LogP contribution in [0.3, 0.4) is 0 Å². The predicted molar refractivity (Wildman–Crippen MR) is 132 cm³/mol. The molecule has 178 valence electrons. The molecule has 30 heavy (non-hydrogen) atoms. The zero-order valence-electron chi connectivity index (χ0n) is 20.7. The number of carbonyl (C=O) groups excluding carboxylic acids is 2. The Kier molecular flexibility index (Phi) is 24.1. The molecular formula is C28H54O2. The Labute approximate surface area is 189 Å². The molecule has 0 rings (SSSR count). The van der Waals surface area contributed by atoms with Gasteiger partial charge < -0.3 is 4.79 Å². The summed E-state index contributed by atoms with van der Waals surface area (Å²) in [7, 11) is 0. The smallest absolute Gasteiger partial charge is 0.133 e. The average Bonchev–Trinajstić information content (AvgIpc) is 2.75. The molecule has 0 saturated heterocycles. The predicted octanol–water partition coefficient (Wildman–Crippen LogP) is 9.38. The van der Waals surface area contributed by atoms with Gasteiger partial charge in [-0.3, -0.25) is 4.79 Å². The van der Waals surface area contributed by atoms with E-state index >= 15 is 0 Å². The molecule has 0 aliphatic heterocycles. The van der Waals surface area contributed by atoms with Crippen LogP contribution in [0.2, 0.25) is 0 Å². The first kappa shape index (κ1) is 29.3. The molecule has 0 N–H and O–H groups in total. The van der Waals surface area contributed by atoms with E-state index in [0.717, 1.165) is 25.5 Å². The van der Waals surface area contributed by atoms with E-state index < -0.39 is 0 Å². The van der Waals surface area contributed by atoms with Crippen LogP contribution >= 0.6 is 0 Å². The monoisotopic (exact) mass is 422 g/mol. The third-order valence-electron chi connectivity index (χ3n) is 6.42. The summed E-state index contributed by atoms with van der Waals surface area (Å²) in [6.07, 6.45) is 29.2. The van der Waals surface area contributed by atoms with Crippen molar-refractivity contribution in [2.45, 2.75) is 162 Å². The van der Waals surface area contributed by atoms with Gasteiger partial charge in [0.05, 0.1) is 0 Å². The van der Waals surface area contributed by atoms with E-state index in [2.05, 4.69) is 13.8 Å². The maximum absolute atomic E-state index is 12.2. The van der Waals surface area contributed by atoms with E-state index in [0.29, 0.717) is 18.6 Å². The van der Waals surface area contributed by atoms with Gasteiger partial charge in [0.25, 0.3) is 0 Å². The van der Waals surface area contributed by atoms with Gasteiger partial charge in [-0.2, -0.15) is 0 Å². The topological polar surface area (TPSA) is 34.1 Å². The highest BCUT2D eigenvalue weighted by molar-refractivity contribution is 5.81. The van der Waals surface area contributed by atoms with E-state index in [-0.39, 0.29) is 5.92 Å². The Morgan fingerprint density at radius 2 is 0.933 bits per heavy atom. The molecule has 0 aliphatic rings. The number of rotatable bonds is 25. The highest BCUT2D eigenvalue weighted by atomic mass is 16.1. The number of ketones is 1. The zero-order valence-corrected chi connectivity index (χ0v) is 20.7. The van der Waals surface area contributed by atoms with Crippen LogP contribution in [0.25, 0.3) is 0 Å². The molecule has 1 unspecified atom stereocenters. The van der Waals surface area contributed by atoms with Gasteiger partial charge in [-0.15, -0.1) is 0 Å². The van der Waals surface area contributed by atoms with E-state index in [1.54, 1.807) is 0 Å². The normalized spacial score (nSPS) is 12.2. The molecular weight excluding hydrogens is 368 g/mol. The van der Waals surface area contributed by atoms with Gasteiger partial charge in [0.15, 0.2) is 0 Å². The van der Waals surface area contributed by atoms with Crippen LogP contribution in [-0.2, 0) is 9.59 Å². The average molecular weight is 423 g/mol. The van der Waals surface area contributed by atoms with Crippen LogP contribution in [0.5, 0.6) is 0 Å². The number of aldehydes is 1. The van der Waals surface area contributed by atoms with Crippen molar-refractivity contribution in [1.29, 1.82) is 0 Å². The van der Waals surface area contributed by atoms with Crippen LogP contribution in [0, 0.1) is 5.92 Å². The van der Waals surface area contributed by atoms with E-state index in [1.165, 1.54) is 116 Å². The molecule has 0 aromatic heterocycles. The lowest BCUT2D eigenvalue weighted by molar-refractivity contribution is -0.123. The van der Waals surface area contributed by atoms with Crippen LogP contribution in [0.15, 0.2) is 0 Å². The molecule has 1 atom stereocenters. The van der Waals surface area contributed by atoms with E-state index in [9.17, 15) is 9.59 Å². The molecule has 0 aromatic rings. The van der Waals surface area contributed by atoms with Crippen LogP contribution in [0.4, 0.5) is 0 Å². The van der Waals surface area contributed by atoms with Crippen molar-refractivity contribution in [1.82, 2.24) is 0 Å². The Bertz CT molecular complexity index is 364. The first-order valence-corrected chi connectivity index (χ1v) is 13.7. The second-order valence-corrected chi connectivity index (χ2v) is 9.54. The Balaban J connectivity index is 3.46. The quantitative estimate of drug-likeness (QED) is 0.108. The van der Waals surface area contributed by atoms with Crippen LogP contribution in [0.1, 0.15) is 162 Å². The van der Waals surface area contributed by atoms with Crippen molar-refractivity contribution < 1.29 is 9.59 Å².